The van der Waals surface area contributed by atoms with E-state index < -0.39 is 10.1 Å². The molecule has 114 valence electrons. The Morgan fingerprint density at radius 2 is 1.70 bits per heavy atom. The first kappa shape index (κ1) is 16.9. The van der Waals surface area contributed by atoms with Crippen LogP contribution in [0.25, 0.3) is 0 Å². The molecule has 6 nitrogen and oxygen atoms in total. The maximum absolute atomic E-state index is 11.2. The minimum absolute atomic E-state index is 0.113. The number of benzene rings is 1. The monoisotopic (exact) mass is 303 g/mol. The Hall–Kier alpha value is -1.15. The van der Waals surface area contributed by atoms with Crippen molar-refractivity contribution in [3.63, 3.8) is 0 Å². The van der Waals surface area contributed by atoms with Gasteiger partial charge in [-0.2, -0.15) is 8.42 Å². The van der Waals surface area contributed by atoms with E-state index in [0.29, 0.717) is 26.3 Å². The Balaban J connectivity index is 3.10. The van der Waals surface area contributed by atoms with Gasteiger partial charge in [-0.3, -0.25) is 4.55 Å². The molecule has 0 aliphatic heterocycles. The molecule has 0 spiro atoms. The molecule has 1 N–H and O–H groups in total. The van der Waals surface area contributed by atoms with Crippen LogP contribution in [0.3, 0.4) is 0 Å². The molecule has 0 fully saturated rings. The molecule has 20 heavy (non-hydrogen) atoms. The van der Waals surface area contributed by atoms with E-state index in [1.165, 1.54) is 12.1 Å². The van der Waals surface area contributed by atoms with Crippen molar-refractivity contribution in [1.82, 2.24) is 0 Å². The quantitative estimate of drug-likeness (QED) is 0.730. The highest BCUT2D eigenvalue weighted by molar-refractivity contribution is 7.85. The zero-order chi connectivity index (χ0) is 15.2. The molecular formula is C13H21NO5S. The van der Waals surface area contributed by atoms with E-state index in [1.807, 2.05) is 11.8 Å². The summed E-state index contributed by atoms with van der Waals surface area (Å²) in [7, 11) is -0.992. The number of nitrogens with zero attached hydrogens (tertiary/aromatic N) is 1. The predicted molar refractivity (Wildman–Crippen MR) is 77.0 cm³/mol. The van der Waals surface area contributed by atoms with Gasteiger partial charge in [0.1, 0.15) is 0 Å². The zero-order valence-corrected chi connectivity index (χ0v) is 12.8. The molecule has 0 saturated carbocycles. The van der Waals surface area contributed by atoms with Crippen molar-refractivity contribution in [2.24, 2.45) is 0 Å². The van der Waals surface area contributed by atoms with Crippen LogP contribution in [0.2, 0.25) is 0 Å². The minimum Gasteiger partial charge on any atom is -0.383 e. The largest absolute Gasteiger partial charge is 0.383 e. The molecule has 0 amide bonds. The lowest BCUT2D eigenvalue weighted by Gasteiger charge is -2.26. The molecule has 0 unspecified atom stereocenters. The summed E-state index contributed by atoms with van der Waals surface area (Å²) in [5.74, 6) is 0. The van der Waals surface area contributed by atoms with Crippen molar-refractivity contribution in [2.45, 2.75) is 11.8 Å². The van der Waals surface area contributed by atoms with Gasteiger partial charge in [-0.25, -0.2) is 0 Å². The van der Waals surface area contributed by atoms with Crippen LogP contribution in [0.4, 0.5) is 5.69 Å². The SMILES string of the molecule is COCCN(CCOC)c1cc(S(=O)(=O)O)ccc1C. The van der Waals surface area contributed by atoms with E-state index in [0.717, 1.165) is 11.3 Å². The smallest absolute Gasteiger partial charge is 0.294 e. The lowest BCUT2D eigenvalue weighted by Crippen LogP contribution is -2.31. The number of hydrogen-bond acceptors (Lipinski definition) is 5. The highest BCUT2D eigenvalue weighted by atomic mass is 32.2. The second kappa shape index (κ2) is 7.58. The number of methoxy groups -OCH3 is 2. The van der Waals surface area contributed by atoms with E-state index in [-0.39, 0.29) is 4.90 Å². The summed E-state index contributed by atoms with van der Waals surface area (Å²) in [5, 5.41) is 0. The van der Waals surface area contributed by atoms with Crippen molar-refractivity contribution in [1.29, 1.82) is 0 Å². The Morgan fingerprint density at radius 3 is 2.15 bits per heavy atom. The molecule has 0 radical (unpaired) electrons. The topological polar surface area (TPSA) is 76.1 Å². The summed E-state index contributed by atoms with van der Waals surface area (Å²) < 4.78 is 41.7. The number of ether oxygens (including phenoxy) is 2. The van der Waals surface area contributed by atoms with Crippen molar-refractivity contribution in [3.05, 3.63) is 23.8 Å². The molecule has 0 aliphatic rings. The lowest BCUT2D eigenvalue weighted by molar-refractivity contribution is 0.190. The Bertz CT molecular complexity index is 522. The second-order valence-electron chi connectivity index (χ2n) is 4.40. The van der Waals surface area contributed by atoms with Gasteiger partial charge >= 0.3 is 0 Å². The van der Waals surface area contributed by atoms with Crippen molar-refractivity contribution in [3.8, 4) is 0 Å². The third-order valence-corrected chi connectivity index (χ3v) is 3.80. The van der Waals surface area contributed by atoms with E-state index in [9.17, 15) is 8.42 Å². The van der Waals surface area contributed by atoms with Gasteiger partial charge in [-0.05, 0) is 24.6 Å². The molecule has 0 heterocycles. The van der Waals surface area contributed by atoms with Crippen LogP contribution in [-0.4, -0.2) is 53.5 Å². The Kier molecular flexibility index (Phi) is 6.41. The summed E-state index contributed by atoms with van der Waals surface area (Å²) in [6.07, 6.45) is 0. The van der Waals surface area contributed by atoms with E-state index >= 15 is 0 Å². The fourth-order valence-corrected chi connectivity index (χ4v) is 2.35. The zero-order valence-electron chi connectivity index (χ0n) is 12.0. The van der Waals surface area contributed by atoms with Crippen molar-refractivity contribution in [2.75, 3.05) is 45.4 Å². The molecule has 0 bridgehead atoms. The van der Waals surface area contributed by atoms with Gasteiger partial charge in [-0.15, -0.1) is 0 Å². The highest BCUT2D eigenvalue weighted by Crippen LogP contribution is 2.24. The van der Waals surface area contributed by atoms with Crippen LogP contribution in [0.1, 0.15) is 5.56 Å². The summed E-state index contributed by atoms with van der Waals surface area (Å²) in [6.45, 7) is 4.12. The molecule has 7 heteroatoms. The van der Waals surface area contributed by atoms with Crippen molar-refractivity contribution < 1.29 is 22.4 Å². The third-order valence-electron chi connectivity index (χ3n) is 2.95. The molecule has 0 atom stereocenters. The van der Waals surface area contributed by atoms with Crippen LogP contribution in [0.5, 0.6) is 0 Å². The van der Waals surface area contributed by atoms with Gasteiger partial charge in [-0.1, -0.05) is 6.07 Å². The Labute approximate surface area is 120 Å². The molecular weight excluding hydrogens is 282 g/mol. The molecule has 1 aromatic rings. The molecule has 1 aromatic carbocycles. The molecule has 0 saturated heterocycles. The van der Waals surface area contributed by atoms with Crippen LogP contribution in [-0.2, 0) is 19.6 Å². The standard InChI is InChI=1S/C13H21NO5S/c1-11-4-5-12(20(15,16)17)10-13(11)14(6-8-18-2)7-9-19-3/h4-5,10H,6-9H2,1-3H3,(H,15,16,17). The van der Waals surface area contributed by atoms with Gasteiger partial charge in [0.25, 0.3) is 10.1 Å². The molecule has 0 aromatic heterocycles. The van der Waals surface area contributed by atoms with Crippen LogP contribution < -0.4 is 4.90 Å². The number of hydrogen-bond donors (Lipinski definition) is 1. The molecule has 1 rings (SSSR count). The lowest BCUT2D eigenvalue weighted by atomic mass is 10.2. The minimum atomic E-state index is -4.21. The number of rotatable bonds is 8. The maximum Gasteiger partial charge on any atom is 0.294 e. The fourth-order valence-electron chi connectivity index (χ4n) is 1.85. The van der Waals surface area contributed by atoms with Crippen LogP contribution in [0.15, 0.2) is 23.1 Å². The first-order valence-corrected chi connectivity index (χ1v) is 7.65. The molecule has 0 aliphatic carbocycles. The van der Waals surface area contributed by atoms with Gasteiger partial charge in [0.2, 0.25) is 0 Å². The van der Waals surface area contributed by atoms with Gasteiger partial charge in [0, 0.05) is 33.0 Å². The number of aryl methyl sites for hydroxylation is 1. The average Bonchev–Trinajstić information content (AvgIpc) is 2.39. The van der Waals surface area contributed by atoms with Gasteiger partial charge in [0.15, 0.2) is 0 Å². The maximum atomic E-state index is 11.2. The van der Waals surface area contributed by atoms with Crippen LogP contribution >= 0.6 is 0 Å². The normalized spacial score (nSPS) is 11.6. The van der Waals surface area contributed by atoms with E-state index in [2.05, 4.69) is 0 Å². The summed E-state index contributed by atoms with van der Waals surface area (Å²) in [5.41, 5.74) is 1.67. The van der Waals surface area contributed by atoms with E-state index in [1.54, 1.807) is 20.3 Å². The average molecular weight is 303 g/mol. The third kappa shape index (κ3) is 4.75. The van der Waals surface area contributed by atoms with Crippen LogP contribution in [0, 0.1) is 6.92 Å². The van der Waals surface area contributed by atoms with E-state index in [4.69, 9.17) is 14.0 Å². The highest BCUT2D eigenvalue weighted by Gasteiger charge is 2.15. The number of anilines is 1. The first-order chi connectivity index (χ1) is 9.40. The summed E-state index contributed by atoms with van der Waals surface area (Å²) in [6, 6.07) is 4.53. The predicted octanol–water partition coefficient (Wildman–Crippen LogP) is 1.34. The second-order valence-corrected chi connectivity index (χ2v) is 5.82. The van der Waals surface area contributed by atoms with Crippen molar-refractivity contribution >= 4 is 15.8 Å². The summed E-state index contributed by atoms with van der Waals surface area (Å²) >= 11 is 0. The fraction of sp³-hybridized carbons (Fsp3) is 0.538. The van der Waals surface area contributed by atoms with Gasteiger partial charge in [0.05, 0.1) is 18.1 Å². The summed E-state index contributed by atoms with van der Waals surface area (Å²) in [4.78, 5) is 1.86. The van der Waals surface area contributed by atoms with Gasteiger partial charge < -0.3 is 14.4 Å². The Morgan fingerprint density at radius 1 is 1.15 bits per heavy atom. The first-order valence-electron chi connectivity index (χ1n) is 6.21.